The average molecular weight is 176 g/mol. The second kappa shape index (κ2) is 3.09. The van der Waals surface area contributed by atoms with E-state index < -0.39 is 0 Å². The molecule has 0 amide bonds. The van der Waals surface area contributed by atoms with Crippen molar-refractivity contribution in [3.63, 3.8) is 0 Å². The van der Waals surface area contributed by atoms with Crippen molar-refractivity contribution in [1.29, 1.82) is 0 Å². The molecule has 3 heteroatoms. The topological polar surface area (TPSA) is 37.9 Å². The number of hydrogen-bond donors (Lipinski definition) is 1. The number of aromatic nitrogens is 2. The lowest BCUT2D eigenvalue weighted by molar-refractivity contribution is 0.401. The van der Waals surface area contributed by atoms with Crippen molar-refractivity contribution in [3.8, 4) is 5.88 Å². The fourth-order valence-electron chi connectivity index (χ4n) is 1.41. The molecule has 0 saturated carbocycles. The number of rotatable bonds is 2. The van der Waals surface area contributed by atoms with Gasteiger partial charge in [-0.2, -0.15) is 0 Å². The molecule has 1 aromatic carbocycles. The van der Waals surface area contributed by atoms with Gasteiger partial charge in [0.2, 0.25) is 5.88 Å². The van der Waals surface area contributed by atoms with Crippen molar-refractivity contribution < 1.29 is 4.74 Å². The molecule has 0 aliphatic carbocycles. The molecular formula is C10H12N2O. The minimum absolute atomic E-state index is 0.672. The Morgan fingerprint density at radius 1 is 1.46 bits per heavy atom. The third-order valence-corrected chi connectivity index (χ3v) is 2.19. The lowest BCUT2D eigenvalue weighted by Gasteiger charge is -1.97. The van der Waals surface area contributed by atoms with Crippen LogP contribution in [-0.4, -0.2) is 17.3 Å². The molecule has 0 spiro atoms. The van der Waals surface area contributed by atoms with Crippen molar-refractivity contribution in [1.82, 2.24) is 10.2 Å². The van der Waals surface area contributed by atoms with Gasteiger partial charge in [-0.15, -0.1) is 5.10 Å². The highest BCUT2D eigenvalue weighted by atomic mass is 16.5. The smallest absolute Gasteiger partial charge is 0.240 e. The molecule has 0 fully saturated rings. The molecule has 0 bridgehead atoms. The molecule has 0 atom stereocenters. The van der Waals surface area contributed by atoms with Gasteiger partial charge in [-0.05, 0) is 24.1 Å². The molecule has 0 aliphatic rings. The highest BCUT2D eigenvalue weighted by Crippen LogP contribution is 2.23. The summed E-state index contributed by atoms with van der Waals surface area (Å²) in [5.74, 6) is 0.672. The fourth-order valence-corrected chi connectivity index (χ4v) is 1.41. The molecule has 0 unspecified atom stereocenters. The standard InChI is InChI=1S/C10H12N2O/c1-3-7-4-5-9-8(6-7)10(13-2)12-11-9/h4-6H,3H2,1-2H3,(H,11,12). The van der Waals surface area contributed by atoms with E-state index in [1.54, 1.807) is 7.11 Å². The summed E-state index contributed by atoms with van der Waals surface area (Å²) in [6.07, 6.45) is 1.03. The largest absolute Gasteiger partial charge is 0.480 e. The summed E-state index contributed by atoms with van der Waals surface area (Å²) in [7, 11) is 1.63. The van der Waals surface area contributed by atoms with Gasteiger partial charge in [-0.25, -0.2) is 0 Å². The van der Waals surface area contributed by atoms with E-state index in [4.69, 9.17) is 4.74 Å². The van der Waals surface area contributed by atoms with E-state index in [2.05, 4.69) is 29.3 Å². The van der Waals surface area contributed by atoms with Crippen LogP contribution < -0.4 is 4.74 Å². The van der Waals surface area contributed by atoms with Crippen LogP contribution in [0.5, 0.6) is 5.88 Å². The van der Waals surface area contributed by atoms with E-state index in [0.717, 1.165) is 17.3 Å². The Bertz CT molecular complexity index is 420. The molecular weight excluding hydrogens is 164 g/mol. The van der Waals surface area contributed by atoms with Gasteiger partial charge in [0.1, 0.15) is 0 Å². The Labute approximate surface area is 76.7 Å². The van der Waals surface area contributed by atoms with Crippen molar-refractivity contribution in [3.05, 3.63) is 23.8 Å². The monoisotopic (exact) mass is 176 g/mol. The Morgan fingerprint density at radius 2 is 2.31 bits per heavy atom. The number of methoxy groups -OCH3 is 1. The molecule has 0 radical (unpaired) electrons. The molecule has 1 N–H and O–H groups in total. The molecule has 2 aromatic rings. The van der Waals surface area contributed by atoms with Gasteiger partial charge in [0.25, 0.3) is 0 Å². The summed E-state index contributed by atoms with van der Waals surface area (Å²) in [6.45, 7) is 2.13. The first-order valence-corrected chi connectivity index (χ1v) is 4.36. The van der Waals surface area contributed by atoms with Crippen LogP contribution in [0, 0.1) is 0 Å². The number of nitrogens with zero attached hydrogens (tertiary/aromatic N) is 1. The summed E-state index contributed by atoms with van der Waals surface area (Å²) in [4.78, 5) is 0. The first-order valence-electron chi connectivity index (χ1n) is 4.36. The average Bonchev–Trinajstić information content (AvgIpc) is 2.59. The van der Waals surface area contributed by atoms with Crippen molar-refractivity contribution in [2.24, 2.45) is 0 Å². The number of ether oxygens (including phenoxy) is 1. The van der Waals surface area contributed by atoms with Gasteiger partial charge in [0.15, 0.2) is 0 Å². The van der Waals surface area contributed by atoms with Gasteiger partial charge in [-0.1, -0.05) is 13.0 Å². The summed E-state index contributed by atoms with van der Waals surface area (Å²) in [5.41, 5.74) is 2.32. The van der Waals surface area contributed by atoms with Gasteiger partial charge >= 0.3 is 0 Å². The lowest BCUT2D eigenvalue weighted by Crippen LogP contribution is -1.83. The molecule has 1 aromatic heterocycles. The Morgan fingerprint density at radius 3 is 3.00 bits per heavy atom. The number of aryl methyl sites for hydroxylation is 1. The molecule has 2 rings (SSSR count). The highest BCUT2D eigenvalue weighted by molar-refractivity contribution is 5.84. The number of nitrogens with one attached hydrogen (secondary N) is 1. The van der Waals surface area contributed by atoms with E-state index >= 15 is 0 Å². The van der Waals surface area contributed by atoms with E-state index in [-0.39, 0.29) is 0 Å². The molecule has 68 valence electrons. The van der Waals surface area contributed by atoms with Crippen LogP contribution >= 0.6 is 0 Å². The van der Waals surface area contributed by atoms with Crippen LogP contribution in [0.15, 0.2) is 18.2 Å². The fraction of sp³-hybridized carbons (Fsp3) is 0.300. The summed E-state index contributed by atoms with van der Waals surface area (Å²) < 4.78 is 5.12. The normalized spacial score (nSPS) is 10.6. The van der Waals surface area contributed by atoms with Crippen LogP contribution in [0.2, 0.25) is 0 Å². The minimum Gasteiger partial charge on any atom is -0.480 e. The molecule has 0 aliphatic heterocycles. The lowest BCUT2D eigenvalue weighted by atomic mass is 10.1. The van der Waals surface area contributed by atoms with Crippen LogP contribution in [0.3, 0.4) is 0 Å². The Hall–Kier alpha value is -1.51. The second-order valence-electron chi connectivity index (χ2n) is 2.97. The van der Waals surface area contributed by atoms with E-state index in [0.29, 0.717) is 5.88 Å². The van der Waals surface area contributed by atoms with Crippen LogP contribution in [0.4, 0.5) is 0 Å². The van der Waals surface area contributed by atoms with Crippen LogP contribution in [0.1, 0.15) is 12.5 Å². The SMILES string of the molecule is CCc1ccc2[nH]nc(OC)c2c1. The van der Waals surface area contributed by atoms with E-state index in [9.17, 15) is 0 Å². The first-order chi connectivity index (χ1) is 6.35. The van der Waals surface area contributed by atoms with Gasteiger partial charge in [-0.3, -0.25) is 5.10 Å². The third-order valence-electron chi connectivity index (χ3n) is 2.19. The zero-order valence-electron chi connectivity index (χ0n) is 7.79. The number of benzene rings is 1. The van der Waals surface area contributed by atoms with Gasteiger partial charge in [0.05, 0.1) is 18.0 Å². The predicted octanol–water partition coefficient (Wildman–Crippen LogP) is 2.13. The van der Waals surface area contributed by atoms with Crippen LogP contribution in [0.25, 0.3) is 10.9 Å². The molecule has 3 nitrogen and oxygen atoms in total. The van der Waals surface area contributed by atoms with E-state index in [1.807, 2.05) is 6.07 Å². The third kappa shape index (κ3) is 1.26. The summed E-state index contributed by atoms with van der Waals surface area (Å²) in [6, 6.07) is 6.24. The zero-order valence-corrected chi connectivity index (χ0v) is 7.79. The maximum Gasteiger partial charge on any atom is 0.240 e. The second-order valence-corrected chi connectivity index (χ2v) is 2.97. The number of fused-ring (bicyclic) bond motifs is 1. The highest BCUT2D eigenvalue weighted by Gasteiger charge is 2.04. The first kappa shape index (κ1) is 8.10. The predicted molar refractivity (Wildman–Crippen MR) is 52.0 cm³/mol. The number of hydrogen-bond acceptors (Lipinski definition) is 2. The van der Waals surface area contributed by atoms with Crippen molar-refractivity contribution in [2.75, 3.05) is 7.11 Å². The van der Waals surface area contributed by atoms with Crippen molar-refractivity contribution >= 4 is 10.9 Å². The molecule has 1 heterocycles. The van der Waals surface area contributed by atoms with Crippen molar-refractivity contribution in [2.45, 2.75) is 13.3 Å². The number of aromatic amines is 1. The minimum atomic E-state index is 0.672. The maximum atomic E-state index is 5.12. The quantitative estimate of drug-likeness (QED) is 0.761. The maximum absolute atomic E-state index is 5.12. The summed E-state index contributed by atoms with van der Waals surface area (Å²) >= 11 is 0. The molecule has 0 saturated heterocycles. The van der Waals surface area contributed by atoms with Crippen LogP contribution in [-0.2, 0) is 6.42 Å². The number of H-pyrrole nitrogens is 1. The van der Waals surface area contributed by atoms with Gasteiger partial charge < -0.3 is 4.74 Å². The summed E-state index contributed by atoms with van der Waals surface area (Å²) in [5, 5.41) is 8.01. The van der Waals surface area contributed by atoms with E-state index in [1.165, 1.54) is 5.56 Å². The Kier molecular flexibility index (Phi) is 1.93. The Balaban J connectivity index is 2.64. The molecule has 13 heavy (non-hydrogen) atoms. The van der Waals surface area contributed by atoms with Gasteiger partial charge in [0, 0.05) is 0 Å². The zero-order chi connectivity index (χ0) is 9.26.